The molecular formula is C24H41N7O12. The molecule has 0 saturated heterocycles. The van der Waals surface area contributed by atoms with E-state index in [1.165, 1.54) is 13.8 Å². The van der Waals surface area contributed by atoms with Gasteiger partial charge in [-0.1, -0.05) is 27.7 Å². The summed E-state index contributed by atoms with van der Waals surface area (Å²) in [5.41, 5.74) is 0. The Morgan fingerprint density at radius 1 is 0.674 bits per heavy atom. The Morgan fingerprint density at radius 3 is 1.72 bits per heavy atom. The molecule has 0 aromatic rings. The smallest absolute Gasteiger partial charge is 0.322 e. The van der Waals surface area contributed by atoms with Gasteiger partial charge in [0.25, 0.3) is 0 Å². The van der Waals surface area contributed by atoms with E-state index in [1.807, 2.05) is 0 Å². The van der Waals surface area contributed by atoms with Crippen LogP contribution in [0, 0.1) is 11.8 Å². The number of aliphatic hydroxyl groups excluding tert-OH is 1. The molecule has 0 unspecified atom stereocenters. The molecule has 19 heteroatoms. The maximum Gasteiger partial charge on any atom is 0.322 e. The van der Waals surface area contributed by atoms with E-state index in [0.717, 1.165) is 0 Å². The highest BCUT2D eigenvalue weighted by molar-refractivity contribution is 5.97. The molecule has 0 aliphatic rings. The molecule has 0 aliphatic carbocycles. The lowest BCUT2D eigenvalue weighted by atomic mass is 10.0. The summed E-state index contributed by atoms with van der Waals surface area (Å²) in [6.45, 7) is 3.79. The van der Waals surface area contributed by atoms with Crippen molar-refractivity contribution in [1.29, 1.82) is 0 Å². The van der Waals surface area contributed by atoms with E-state index in [9.17, 15) is 48.6 Å². The first-order valence-corrected chi connectivity index (χ1v) is 13.1. The van der Waals surface area contributed by atoms with E-state index in [4.69, 9.17) is 11.0 Å². The van der Waals surface area contributed by atoms with Gasteiger partial charge in [-0.3, -0.25) is 43.2 Å². The second kappa shape index (κ2) is 19.7. The van der Waals surface area contributed by atoms with Gasteiger partial charge in [0.1, 0.15) is 37.3 Å². The van der Waals surface area contributed by atoms with Crippen LogP contribution in [0.5, 0.6) is 0 Å². The van der Waals surface area contributed by atoms with E-state index in [2.05, 4.69) is 36.7 Å². The Labute approximate surface area is 247 Å². The first kappa shape index (κ1) is 38.6. The molecule has 0 saturated carbocycles. The van der Waals surface area contributed by atoms with Crippen LogP contribution >= 0.6 is 0 Å². The largest absolute Gasteiger partial charge is 0.481 e. The third-order valence-electron chi connectivity index (χ3n) is 5.51. The first-order chi connectivity index (χ1) is 20.0. The zero-order chi connectivity index (χ0) is 33.3. The molecule has 4 atom stereocenters. The Hall–Kier alpha value is -4.36. The summed E-state index contributed by atoms with van der Waals surface area (Å²) in [6, 6.07) is -5.96. The number of carbonyl (C=O) groups is 8. The van der Waals surface area contributed by atoms with Crippen molar-refractivity contribution in [2.24, 2.45) is 17.7 Å². The predicted octanol–water partition coefficient (Wildman–Crippen LogP) is -4.70. The molecule has 0 aromatic heterocycles. The molecule has 0 aromatic carbocycles. The number of amides is 6. The minimum absolute atomic E-state index is 0.0851. The Bertz CT molecular complexity index is 1020. The monoisotopic (exact) mass is 619 g/mol. The van der Waals surface area contributed by atoms with Gasteiger partial charge >= 0.3 is 11.9 Å². The fraction of sp³-hybridized carbons (Fsp3) is 0.667. The van der Waals surface area contributed by atoms with Gasteiger partial charge in [0.2, 0.25) is 35.4 Å². The van der Waals surface area contributed by atoms with Gasteiger partial charge in [-0.15, -0.1) is 0 Å². The van der Waals surface area contributed by atoms with Crippen molar-refractivity contribution in [2.45, 2.75) is 64.7 Å². The standard InChI is InChI=1S/C24H41N7O12/c1-11(2)5-13(28-16(33)7-26-17(34)10-43-25)21(39)30-15(9-32)23(41)29-14(6-18(35)36)22(40)31-20(12(3)4)24(42)27-8-19(37)38/h11-15,20,32H,5-10,25H2,1-4H3,(H,26,34)(H,27,42)(H,28,33)(H,29,41)(H,30,39)(H,31,40)(H,35,36)(H,37,38)/t13-,14-,15-,20-/m0/s1. The van der Waals surface area contributed by atoms with Gasteiger partial charge in [-0.2, -0.15) is 0 Å². The van der Waals surface area contributed by atoms with Crippen LogP contribution in [0.3, 0.4) is 0 Å². The molecule has 0 bridgehead atoms. The minimum Gasteiger partial charge on any atom is -0.481 e. The zero-order valence-electron chi connectivity index (χ0n) is 24.3. The number of nitrogens with one attached hydrogen (secondary N) is 6. The highest BCUT2D eigenvalue weighted by atomic mass is 16.6. The van der Waals surface area contributed by atoms with Gasteiger partial charge in [0.15, 0.2) is 0 Å². The van der Waals surface area contributed by atoms with Gasteiger partial charge in [-0.25, -0.2) is 5.90 Å². The Balaban J connectivity index is 5.61. The average molecular weight is 620 g/mol. The quantitative estimate of drug-likeness (QED) is 0.0574. The third kappa shape index (κ3) is 16.0. The van der Waals surface area contributed by atoms with Crippen molar-refractivity contribution in [3.05, 3.63) is 0 Å². The van der Waals surface area contributed by atoms with E-state index in [-0.39, 0.29) is 12.3 Å². The Kier molecular flexibility index (Phi) is 17.7. The van der Waals surface area contributed by atoms with Crippen molar-refractivity contribution >= 4 is 47.4 Å². The van der Waals surface area contributed by atoms with Crippen molar-refractivity contribution in [3.63, 3.8) is 0 Å². The highest BCUT2D eigenvalue weighted by Gasteiger charge is 2.33. The molecule has 6 amide bonds. The highest BCUT2D eigenvalue weighted by Crippen LogP contribution is 2.07. The minimum atomic E-state index is -1.77. The van der Waals surface area contributed by atoms with Crippen LogP contribution in [0.1, 0.15) is 40.5 Å². The van der Waals surface area contributed by atoms with Crippen LogP contribution in [0.4, 0.5) is 0 Å². The van der Waals surface area contributed by atoms with Crippen molar-refractivity contribution in [3.8, 4) is 0 Å². The van der Waals surface area contributed by atoms with Crippen LogP contribution in [0.2, 0.25) is 0 Å². The number of nitrogens with two attached hydrogens (primary N) is 1. The van der Waals surface area contributed by atoms with Crippen LogP contribution in [-0.4, -0.2) is 113 Å². The maximum absolute atomic E-state index is 12.9. The third-order valence-corrected chi connectivity index (χ3v) is 5.51. The van der Waals surface area contributed by atoms with Gasteiger partial charge in [0, 0.05) is 0 Å². The summed E-state index contributed by atoms with van der Waals surface area (Å²) in [7, 11) is 0. The Morgan fingerprint density at radius 2 is 1.23 bits per heavy atom. The molecule has 0 fully saturated rings. The molecule has 0 heterocycles. The fourth-order valence-corrected chi connectivity index (χ4v) is 3.44. The van der Waals surface area contributed by atoms with Crippen molar-refractivity contribution in [2.75, 3.05) is 26.3 Å². The first-order valence-electron chi connectivity index (χ1n) is 13.1. The number of hydrogen-bond donors (Lipinski definition) is 10. The molecule has 19 nitrogen and oxygen atoms in total. The molecule has 0 radical (unpaired) electrons. The number of rotatable bonds is 20. The molecule has 0 aliphatic heterocycles. The lowest BCUT2D eigenvalue weighted by Crippen LogP contribution is -2.60. The molecule has 0 rings (SSSR count). The predicted molar refractivity (Wildman–Crippen MR) is 145 cm³/mol. The van der Waals surface area contributed by atoms with Crippen molar-refractivity contribution < 1.29 is 58.5 Å². The molecular weight excluding hydrogens is 578 g/mol. The van der Waals surface area contributed by atoms with E-state index < -0.39 is 110 Å². The lowest BCUT2D eigenvalue weighted by molar-refractivity contribution is -0.142. The second-order valence-electron chi connectivity index (χ2n) is 10.1. The van der Waals surface area contributed by atoms with Gasteiger partial charge < -0.3 is 47.2 Å². The summed E-state index contributed by atoms with van der Waals surface area (Å²) in [4.78, 5) is 101. The van der Waals surface area contributed by atoms with Crippen LogP contribution in [-0.2, 0) is 43.2 Å². The number of carboxylic acids is 2. The fourth-order valence-electron chi connectivity index (χ4n) is 3.44. The van der Waals surface area contributed by atoms with Gasteiger partial charge in [0.05, 0.1) is 19.6 Å². The normalized spacial score (nSPS) is 13.6. The zero-order valence-corrected chi connectivity index (χ0v) is 24.3. The van der Waals surface area contributed by atoms with E-state index in [0.29, 0.717) is 0 Å². The summed E-state index contributed by atoms with van der Waals surface area (Å²) < 4.78 is 0. The number of carboxylic acid groups (broad SMARTS) is 2. The maximum atomic E-state index is 12.9. The van der Waals surface area contributed by atoms with Crippen molar-refractivity contribution in [1.82, 2.24) is 31.9 Å². The summed E-state index contributed by atoms with van der Waals surface area (Å²) >= 11 is 0. The molecule has 11 N–H and O–H groups in total. The number of carbonyl (C=O) groups excluding carboxylic acids is 6. The lowest BCUT2D eigenvalue weighted by Gasteiger charge is -2.26. The number of aliphatic hydroxyl groups is 1. The summed E-state index contributed by atoms with van der Waals surface area (Å²) in [5, 5.41) is 41.1. The second-order valence-corrected chi connectivity index (χ2v) is 10.1. The van der Waals surface area contributed by atoms with Crippen LogP contribution in [0.25, 0.3) is 0 Å². The van der Waals surface area contributed by atoms with E-state index in [1.54, 1.807) is 13.8 Å². The van der Waals surface area contributed by atoms with E-state index >= 15 is 0 Å². The molecule has 244 valence electrons. The van der Waals surface area contributed by atoms with Crippen LogP contribution in [0.15, 0.2) is 0 Å². The average Bonchev–Trinajstić information content (AvgIpc) is 2.90. The summed E-state index contributed by atoms with van der Waals surface area (Å²) in [5.74, 6) is -4.25. The van der Waals surface area contributed by atoms with Gasteiger partial charge in [-0.05, 0) is 18.3 Å². The summed E-state index contributed by atoms with van der Waals surface area (Å²) in [6.07, 6.45) is -0.861. The number of aliphatic carboxylic acids is 2. The molecule has 43 heavy (non-hydrogen) atoms. The topological polar surface area (TPSA) is 305 Å². The molecule has 0 spiro atoms. The number of hydrogen-bond acceptors (Lipinski definition) is 11. The van der Waals surface area contributed by atoms with Crippen LogP contribution < -0.4 is 37.8 Å². The SMILES string of the molecule is CC(C)C[C@H](NC(=O)CNC(=O)CON)C(=O)N[C@@H](CO)C(=O)N[C@@H](CC(=O)O)C(=O)N[C@H](C(=O)NCC(=O)O)C(C)C.